The average Bonchev–Trinajstić information content (AvgIpc) is 2.79. The zero-order chi connectivity index (χ0) is 13.8. The quantitative estimate of drug-likeness (QED) is 0.864. The van der Waals surface area contributed by atoms with E-state index < -0.39 is 5.97 Å². The third-order valence-corrected chi connectivity index (χ3v) is 2.95. The van der Waals surface area contributed by atoms with Gasteiger partial charge in [-0.2, -0.15) is 0 Å². The van der Waals surface area contributed by atoms with Crippen LogP contribution in [0.3, 0.4) is 0 Å². The first-order chi connectivity index (χ1) is 9.11. The molecule has 5 heteroatoms. The number of aromatic nitrogens is 2. The van der Waals surface area contributed by atoms with Crippen LogP contribution in [0.5, 0.6) is 5.75 Å². The Balaban J connectivity index is 2.23. The van der Waals surface area contributed by atoms with E-state index in [0.29, 0.717) is 12.0 Å². The molecule has 1 aromatic heterocycles. The van der Waals surface area contributed by atoms with Crippen molar-refractivity contribution in [2.45, 2.75) is 26.3 Å². The van der Waals surface area contributed by atoms with Crippen molar-refractivity contribution in [3.8, 4) is 5.75 Å². The predicted molar refractivity (Wildman–Crippen MR) is 70.4 cm³/mol. The van der Waals surface area contributed by atoms with E-state index in [1.807, 2.05) is 10.8 Å². The van der Waals surface area contributed by atoms with Crippen LogP contribution in [-0.2, 0) is 13.0 Å². The summed E-state index contributed by atoms with van der Waals surface area (Å²) >= 11 is 0. The molecule has 0 radical (unpaired) electrons. The molecular formula is C14H16N2O3. The van der Waals surface area contributed by atoms with Crippen molar-refractivity contribution in [1.82, 2.24) is 9.55 Å². The van der Waals surface area contributed by atoms with Gasteiger partial charge in [-0.25, -0.2) is 9.78 Å². The van der Waals surface area contributed by atoms with E-state index in [1.54, 1.807) is 12.3 Å². The molecule has 2 N–H and O–H groups in total. The van der Waals surface area contributed by atoms with Gasteiger partial charge in [0.05, 0.1) is 5.56 Å². The minimum atomic E-state index is -1.05. The maximum Gasteiger partial charge on any atom is 0.335 e. The Morgan fingerprint density at radius 3 is 2.84 bits per heavy atom. The van der Waals surface area contributed by atoms with Gasteiger partial charge in [0.1, 0.15) is 11.6 Å². The summed E-state index contributed by atoms with van der Waals surface area (Å²) in [4.78, 5) is 15.1. The van der Waals surface area contributed by atoms with Gasteiger partial charge in [-0.05, 0) is 18.6 Å². The van der Waals surface area contributed by atoms with Crippen LogP contribution in [0, 0.1) is 0 Å². The number of carboxylic acids is 1. The number of benzene rings is 1. The van der Waals surface area contributed by atoms with E-state index in [4.69, 9.17) is 5.11 Å². The molecule has 0 aliphatic carbocycles. The number of rotatable bonds is 5. The van der Waals surface area contributed by atoms with Crippen LogP contribution >= 0.6 is 0 Å². The first-order valence-corrected chi connectivity index (χ1v) is 6.17. The Hall–Kier alpha value is -2.30. The van der Waals surface area contributed by atoms with Gasteiger partial charge < -0.3 is 14.8 Å². The van der Waals surface area contributed by atoms with Crippen molar-refractivity contribution in [1.29, 1.82) is 0 Å². The Bertz CT molecular complexity index is 590. The number of hydrogen-bond donors (Lipinski definition) is 2. The number of aromatic hydroxyl groups is 1. The van der Waals surface area contributed by atoms with E-state index >= 15 is 0 Å². The summed E-state index contributed by atoms with van der Waals surface area (Å²) in [6.07, 6.45) is 5.13. The first kappa shape index (κ1) is 13.1. The topological polar surface area (TPSA) is 75.4 Å². The highest BCUT2D eigenvalue weighted by molar-refractivity contribution is 5.88. The largest absolute Gasteiger partial charge is 0.508 e. The molecule has 0 aliphatic heterocycles. The molecule has 100 valence electrons. The second-order valence-electron chi connectivity index (χ2n) is 4.36. The summed E-state index contributed by atoms with van der Waals surface area (Å²) in [5.41, 5.74) is 0.756. The SMILES string of the molecule is CCCn1ccnc1Cc1ccc(C(=O)O)cc1O. The molecule has 1 aromatic carbocycles. The van der Waals surface area contributed by atoms with Crippen molar-refractivity contribution >= 4 is 5.97 Å². The third-order valence-electron chi connectivity index (χ3n) is 2.95. The minimum absolute atomic E-state index is 0.00838. The number of hydrogen-bond acceptors (Lipinski definition) is 3. The van der Waals surface area contributed by atoms with Crippen molar-refractivity contribution in [3.05, 3.63) is 47.5 Å². The number of nitrogens with zero attached hydrogens (tertiary/aromatic N) is 2. The van der Waals surface area contributed by atoms with Gasteiger partial charge in [-0.15, -0.1) is 0 Å². The number of phenolic OH excluding ortho intramolecular Hbond substituents is 1. The predicted octanol–water partition coefficient (Wildman–Crippen LogP) is 2.29. The zero-order valence-electron chi connectivity index (χ0n) is 10.7. The number of phenols is 1. The third kappa shape index (κ3) is 2.93. The number of carbonyl (C=O) groups is 1. The fourth-order valence-corrected chi connectivity index (χ4v) is 1.97. The molecular weight excluding hydrogens is 244 g/mol. The van der Waals surface area contributed by atoms with Crippen LogP contribution in [0.4, 0.5) is 0 Å². The molecule has 5 nitrogen and oxygen atoms in total. The van der Waals surface area contributed by atoms with Gasteiger partial charge in [0.2, 0.25) is 0 Å². The molecule has 0 saturated carbocycles. The molecule has 0 fully saturated rings. The lowest BCUT2D eigenvalue weighted by Crippen LogP contribution is -2.04. The van der Waals surface area contributed by atoms with Gasteiger partial charge in [-0.3, -0.25) is 0 Å². The number of carboxylic acid groups (broad SMARTS) is 1. The van der Waals surface area contributed by atoms with Gasteiger partial charge in [-0.1, -0.05) is 13.0 Å². The van der Waals surface area contributed by atoms with Crippen molar-refractivity contribution < 1.29 is 15.0 Å². The second kappa shape index (κ2) is 5.56. The lowest BCUT2D eigenvalue weighted by Gasteiger charge is -2.08. The molecule has 2 aromatic rings. The Morgan fingerprint density at radius 1 is 1.42 bits per heavy atom. The summed E-state index contributed by atoms with van der Waals surface area (Å²) in [5.74, 6) is -0.194. The molecule has 0 amide bonds. The molecule has 0 atom stereocenters. The van der Waals surface area contributed by atoms with E-state index in [1.165, 1.54) is 12.1 Å². The highest BCUT2D eigenvalue weighted by atomic mass is 16.4. The fraction of sp³-hybridized carbons (Fsp3) is 0.286. The van der Waals surface area contributed by atoms with Crippen LogP contribution in [0.15, 0.2) is 30.6 Å². The molecule has 0 bridgehead atoms. The number of imidazole rings is 1. The van der Waals surface area contributed by atoms with Crippen LogP contribution in [0.25, 0.3) is 0 Å². The summed E-state index contributed by atoms with van der Waals surface area (Å²) in [5, 5.41) is 18.7. The maximum atomic E-state index is 10.8. The van der Waals surface area contributed by atoms with Gasteiger partial charge >= 0.3 is 5.97 Å². The van der Waals surface area contributed by atoms with E-state index in [2.05, 4.69) is 11.9 Å². The fourth-order valence-electron chi connectivity index (χ4n) is 1.97. The van der Waals surface area contributed by atoms with Crippen LogP contribution in [0.1, 0.15) is 35.1 Å². The average molecular weight is 260 g/mol. The van der Waals surface area contributed by atoms with Crippen molar-refractivity contribution in [2.24, 2.45) is 0 Å². The van der Waals surface area contributed by atoms with Gasteiger partial charge in [0.15, 0.2) is 0 Å². The number of aromatic carboxylic acids is 1. The molecule has 2 rings (SSSR count). The van der Waals surface area contributed by atoms with Crippen molar-refractivity contribution in [3.63, 3.8) is 0 Å². The second-order valence-corrected chi connectivity index (χ2v) is 4.36. The summed E-state index contributed by atoms with van der Waals surface area (Å²) in [6.45, 7) is 2.96. The van der Waals surface area contributed by atoms with Crippen LogP contribution in [-0.4, -0.2) is 25.7 Å². The zero-order valence-corrected chi connectivity index (χ0v) is 10.7. The van der Waals surface area contributed by atoms with Crippen LogP contribution < -0.4 is 0 Å². The number of aryl methyl sites for hydroxylation is 1. The molecule has 0 unspecified atom stereocenters. The highest BCUT2D eigenvalue weighted by Crippen LogP contribution is 2.21. The Labute approximate surface area is 111 Å². The van der Waals surface area contributed by atoms with E-state index in [9.17, 15) is 9.90 Å². The summed E-state index contributed by atoms with van der Waals surface area (Å²) in [7, 11) is 0. The standard InChI is InChI=1S/C14H16N2O3/c1-2-6-16-7-5-15-13(16)9-10-3-4-11(14(18)19)8-12(10)17/h3-5,7-8,17H,2,6,9H2,1H3,(H,18,19). The molecule has 0 aliphatic rings. The maximum absolute atomic E-state index is 10.8. The molecule has 19 heavy (non-hydrogen) atoms. The highest BCUT2D eigenvalue weighted by Gasteiger charge is 2.10. The summed E-state index contributed by atoms with van der Waals surface area (Å²) < 4.78 is 2.03. The van der Waals surface area contributed by atoms with E-state index in [0.717, 1.165) is 18.8 Å². The van der Waals surface area contributed by atoms with Crippen molar-refractivity contribution in [2.75, 3.05) is 0 Å². The lowest BCUT2D eigenvalue weighted by molar-refractivity contribution is 0.0696. The molecule has 0 saturated heterocycles. The first-order valence-electron chi connectivity index (χ1n) is 6.17. The monoisotopic (exact) mass is 260 g/mol. The molecule has 0 spiro atoms. The Kier molecular flexibility index (Phi) is 3.85. The van der Waals surface area contributed by atoms with Gasteiger partial charge in [0, 0.05) is 30.9 Å². The van der Waals surface area contributed by atoms with E-state index in [-0.39, 0.29) is 11.3 Å². The smallest absolute Gasteiger partial charge is 0.335 e. The van der Waals surface area contributed by atoms with Crippen LogP contribution in [0.2, 0.25) is 0 Å². The Morgan fingerprint density at radius 2 is 2.21 bits per heavy atom. The normalized spacial score (nSPS) is 10.6. The lowest BCUT2D eigenvalue weighted by atomic mass is 10.1. The molecule has 1 heterocycles. The van der Waals surface area contributed by atoms with Gasteiger partial charge in [0.25, 0.3) is 0 Å². The summed E-state index contributed by atoms with van der Waals surface area (Å²) in [6, 6.07) is 4.39. The minimum Gasteiger partial charge on any atom is -0.508 e.